The molecule has 1 aromatic heterocycles. The number of hydrogen-bond acceptors (Lipinski definition) is 4. The Kier molecular flexibility index (Phi) is 5.07. The Hall–Kier alpha value is -3.19. The van der Waals surface area contributed by atoms with Crippen molar-refractivity contribution in [2.45, 2.75) is 6.17 Å². The van der Waals surface area contributed by atoms with Crippen LogP contribution in [0.15, 0.2) is 60.7 Å². The fourth-order valence-corrected chi connectivity index (χ4v) is 4.73. The molecule has 29 heavy (non-hydrogen) atoms. The summed E-state index contributed by atoms with van der Waals surface area (Å²) in [7, 11) is 3.34. The van der Waals surface area contributed by atoms with Gasteiger partial charge in [-0.15, -0.1) is 11.3 Å². The zero-order valence-electron chi connectivity index (χ0n) is 16.1. The molecule has 4 rings (SSSR count). The average molecular weight is 409 g/mol. The molecule has 148 valence electrons. The second-order valence-electron chi connectivity index (χ2n) is 6.82. The number of nitrogens with one attached hydrogen (secondary N) is 1. The van der Waals surface area contributed by atoms with Gasteiger partial charge in [0.05, 0.1) is 17.8 Å². The Bertz CT molecular complexity index is 1060. The lowest BCUT2D eigenvalue weighted by Gasteiger charge is -2.43. The summed E-state index contributed by atoms with van der Waals surface area (Å²) in [6, 6.07) is 17.6. The molecule has 1 N–H and O–H groups in total. The summed E-state index contributed by atoms with van der Waals surface area (Å²) >= 11 is 1.53. The monoisotopic (exact) mass is 409 g/mol. The molecular formula is C22H20FN3O2S. The maximum absolute atomic E-state index is 13.3. The number of thiophene rings is 1. The number of rotatable bonds is 4. The predicted octanol–water partition coefficient (Wildman–Crippen LogP) is 3.89. The minimum Gasteiger partial charge on any atom is -0.358 e. The zero-order valence-corrected chi connectivity index (χ0v) is 16.9. The van der Waals surface area contributed by atoms with E-state index in [0.717, 1.165) is 21.0 Å². The number of nitrogens with zero attached hydrogens (tertiary/aromatic N) is 2. The first kappa shape index (κ1) is 19.1. The van der Waals surface area contributed by atoms with Crippen molar-refractivity contribution >= 4 is 28.8 Å². The van der Waals surface area contributed by atoms with E-state index >= 15 is 0 Å². The summed E-state index contributed by atoms with van der Waals surface area (Å²) in [6.45, 7) is 0.125. The quantitative estimate of drug-likeness (QED) is 0.711. The lowest BCUT2D eigenvalue weighted by Crippen LogP contribution is -2.50. The highest BCUT2D eigenvalue weighted by atomic mass is 32.1. The van der Waals surface area contributed by atoms with Crippen molar-refractivity contribution in [2.75, 3.05) is 25.5 Å². The number of hydrogen-bond donors (Lipinski definition) is 1. The van der Waals surface area contributed by atoms with Crippen molar-refractivity contribution in [3.8, 4) is 10.4 Å². The van der Waals surface area contributed by atoms with Gasteiger partial charge in [0.2, 0.25) is 5.91 Å². The van der Waals surface area contributed by atoms with Crippen molar-refractivity contribution in [2.24, 2.45) is 0 Å². The molecule has 0 bridgehead atoms. The van der Waals surface area contributed by atoms with Gasteiger partial charge in [-0.2, -0.15) is 0 Å². The Labute approximate surface area is 172 Å². The summed E-state index contributed by atoms with van der Waals surface area (Å²) in [6.07, 6.45) is -0.408. The molecule has 0 unspecified atom stereocenters. The second kappa shape index (κ2) is 7.67. The molecule has 0 radical (unpaired) electrons. The predicted molar refractivity (Wildman–Crippen MR) is 112 cm³/mol. The molecule has 1 aliphatic rings. The van der Waals surface area contributed by atoms with E-state index in [4.69, 9.17) is 0 Å². The van der Waals surface area contributed by atoms with Crippen LogP contribution in [0.25, 0.3) is 10.4 Å². The van der Waals surface area contributed by atoms with E-state index in [1.54, 1.807) is 37.2 Å². The lowest BCUT2D eigenvalue weighted by molar-refractivity contribution is -0.119. The van der Waals surface area contributed by atoms with Crippen LogP contribution in [0.5, 0.6) is 0 Å². The van der Waals surface area contributed by atoms with Crippen molar-refractivity contribution in [3.05, 3.63) is 76.9 Å². The smallest absolute Gasteiger partial charge is 0.257 e. The van der Waals surface area contributed by atoms with Gasteiger partial charge < -0.3 is 15.1 Å². The van der Waals surface area contributed by atoms with Crippen LogP contribution >= 0.6 is 11.3 Å². The van der Waals surface area contributed by atoms with Gasteiger partial charge in [0.1, 0.15) is 12.0 Å². The average Bonchev–Trinajstić information content (AvgIpc) is 3.22. The Balaban J connectivity index is 1.77. The number of carbonyl (C=O) groups excluding carboxylic acids is 2. The highest BCUT2D eigenvalue weighted by Gasteiger charge is 2.37. The first-order valence-corrected chi connectivity index (χ1v) is 10.0. The maximum Gasteiger partial charge on any atom is 0.257 e. The molecular weight excluding hydrogens is 389 g/mol. The number of amides is 2. The highest BCUT2D eigenvalue weighted by Crippen LogP contribution is 2.41. The van der Waals surface area contributed by atoms with Crippen LogP contribution in [0.1, 0.15) is 21.4 Å². The summed E-state index contributed by atoms with van der Waals surface area (Å²) in [4.78, 5) is 30.7. The molecule has 2 amide bonds. The molecule has 5 nitrogen and oxygen atoms in total. The fourth-order valence-electron chi connectivity index (χ4n) is 3.56. The van der Waals surface area contributed by atoms with Crippen LogP contribution in [0, 0.1) is 5.82 Å². The molecule has 1 aliphatic heterocycles. The van der Waals surface area contributed by atoms with E-state index in [9.17, 15) is 14.0 Å². The van der Waals surface area contributed by atoms with Crippen LogP contribution in [0.4, 0.5) is 10.1 Å². The van der Waals surface area contributed by atoms with Crippen molar-refractivity contribution in [1.82, 2.24) is 10.2 Å². The number of fused-ring (bicyclic) bond motifs is 1. The topological polar surface area (TPSA) is 52.7 Å². The fraction of sp³-hybridized carbons (Fsp3) is 0.182. The maximum atomic E-state index is 13.3. The van der Waals surface area contributed by atoms with E-state index < -0.39 is 6.17 Å². The van der Waals surface area contributed by atoms with Crippen molar-refractivity contribution in [3.63, 3.8) is 0 Å². The van der Waals surface area contributed by atoms with E-state index in [-0.39, 0.29) is 24.2 Å². The Morgan fingerprint density at radius 2 is 1.83 bits per heavy atom. The van der Waals surface area contributed by atoms with E-state index in [1.807, 2.05) is 35.2 Å². The normalized spacial score (nSPS) is 16.0. The van der Waals surface area contributed by atoms with Crippen LogP contribution in [0.3, 0.4) is 0 Å². The second-order valence-corrected chi connectivity index (χ2v) is 7.93. The number of para-hydroxylation sites is 1. The van der Waals surface area contributed by atoms with Gasteiger partial charge in [-0.05, 0) is 42.0 Å². The van der Waals surface area contributed by atoms with Gasteiger partial charge in [0, 0.05) is 23.8 Å². The Morgan fingerprint density at radius 3 is 2.55 bits per heavy atom. The van der Waals surface area contributed by atoms with Crippen LogP contribution < -0.4 is 10.2 Å². The van der Waals surface area contributed by atoms with Crippen LogP contribution in [-0.4, -0.2) is 37.4 Å². The van der Waals surface area contributed by atoms with E-state index in [0.29, 0.717) is 5.56 Å². The van der Waals surface area contributed by atoms with Gasteiger partial charge in [-0.3, -0.25) is 9.59 Å². The molecule has 0 fully saturated rings. The third-order valence-corrected chi connectivity index (χ3v) is 6.20. The molecule has 0 aliphatic carbocycles. The van der Waals surface area contributed by atoms with Crippen molar-refractivity contribution in [1.29, 1.82) is 0 Å². The zero-order chi connectivity index (χ0) is 20.5. The number of anilines is 1. The third-order valence-electron chi connectivity index (χ3n) is 5.03. The molecule has 7 heteroatoms. The van der Waals surface area contributed by atoms with Gasteiger partial charge in [-0.1, -0.05) is 24.3 Å². The first-order chi connectivity index (χ1) is 14.0. The largest absolute Gasteiger partial charge is 0.358 e. The molecule has 1 atom stereocenters. The number of halogens is 1. The summed E-state index contributed by atoms with van der Waals surface area (Å²) in [5, 5.41) is 2.66. The number of likely N-dealkylation sites (N-methyl/N-ethyl adjacent to an activating group) is 1. The minimum atomic E-state index is -0.408. The third kappa shape index (κ3) is 3.49. The molecule has 3 aromatic rings. The summed E-state index contributed by atoms with van der Waals surface area (Å²) in [5.74, 6) is -0.505. The summed E-state index contributed by atoms with van der Waals surface area (Å²) in [5.41, 5.74) is 2.22. The van der Waals surface area contributed by atoms with Gasteiger partial charge in [0.25, 0.3) is 5.91 Å². The standard InChI is InChI=1S/C22H20FN3O2S/c1-24-20(27)13-26-17-6-4-3-5-16(17)22(28)25(2)21(26)19-12-11-18(29-19)14-7-9-15(23)10-8-14/h3-12,21H,13H2,1-2H3,(H,24,27)/t21-/m0/s1. The molecule has 0 saturated heterocycles. The lowest BCUT2D eigenvalue weighted by atomic mass is 10.0. The Morgan fingerprint density at radius 1 is 1.10 bits per heavy atom. The first-order valence-electron chi connectivity index (χ1n) is 9.18. The molecule has 0 spiro atoms. The SMILES string of the molecule is CNC(=O)CN1c2ccccc2C(=O)N(C)[C@@H]1c1ccc(-c2ccc(F)cc2)s1. The highest BCUT2D eigenvalue weighted by molar-refractivity contribution is 7.15. The molecule has 2 heterocycles. The van der Waals surface area contributed by atoms with Crippen LogP contribution in [0.2, 0.25) is 0 Å². The van der Waals surface area contributed by atoms with Gasteiger partial charge in [0.15, 0.2) is 0 Å². The number of benzene rings is 2. The van der Waals surface area contributed by atoms with Crippen molar-refractivity contribution < 1.29 is 14.0 Å². The van der Waals surface area contributed by atoms with E-state index in [1.165, 1.54) is 23.5 Å². The number of carbonyl (C=O) groups is 2. The molecule has 0 saturated carbocycles. The molecule has 2 aromatic carbocycles. The van der Waals surface area contributed by atoms with E-state index in [2.05, 4.69) is 5.32 Å². The van der Waals surface area contributed by atoms with Gasteiger partial charge >= 0.3 is 0 Å². The summed E-state index contributed by atoms with van der Waals surface area (Å²) < 4.78 is 13.3. The van der Waals surface area contributed by atoms with Gasteiger partial charge in [-0.25, -0.2) is 4.39 Å². The minimum absolute atomic E-state index is 0.0875. The van der Waals surface area contributed by atoms with Crippen LogP contribution in [-0.2, 0) is 4.79 Å².